The molecule has 154 valence electrons. The van der Waals surface area contributed by atoms with Crippen molar-refractivity contribution in [1.82, 2.24) is 14.7 Å². The molecule has 1 fully saturated rings. The van der Waals surface area contributed by atoms with Crippen LogP contribution in [0.25, 0.3) is 5.69 Å². The predicted molar refractivity (Wildman–Crippen MR) is 110 cm³/mol. The first-order valence-corrected chi connectivity index (χ1v) is 10.8. The van der Waals surface area contributed by atoms with Crippen molar-refractivity contribution in [3.63, 3.8) is 0 Å². The van der Waals surface area contributed by atoms with Gasteiger partial charge in [-0.3, -0.25) is 4.79 Å². The summed E-state index contributed by atoms with van der Waals surface area (Å²) in [6.07, 6.45) is 8.38. The Morgan fingerprint density at radius 2 is 1.86 bits per heavy atom. The highest BCUT2D eigenvalue weighted by Gasteiger charge is 2.29. The van der Waals surface area contributed by atoms with Crippen molar-refractivity contribution in [3.05, 3.63) is 47.3 Å². The monoisotopic (exact) mass is 395 g/mol. The number of hydrogen-bond donors (Lipinski definition) is 0. The molecule has 6 nitrogen and oxygen atoms in total. The second-order valence-electron chi connectivity index (χ2n) is 7.92. The molecule has 29 heavy (non-hydrogen) atoms. The number of ether oxygens (including phenoxy) is 1. The molecule has 1 amide bonds. The maximum atomic E-state index is 12.8. The van der Waals surface area contributed by atoms with Crippen LogP contribution in [-0.4, -0.2) is 45.8 Å². The summed E-state index contributed by atoms with van der Waals surface area (Å²) in [5.41, 5.74) is 3.34. The smallest absolute Gasteiger partial charge is 0.359 e. The largest absolute Gasteiger partial charge is 0.451 e. The molecule has 2 aliphatic carbocycles. The molecule has 6 heteroatoms. The number of fused-ring (bicyclic) bond motifs is 1. The molecule has 2 aromatic rings. The summed E-state index contributed by atoms with van der Waals surface area (Å²) in [7, 11) is 0. The summed E-state index contributed by atoms with van der Waals surface area (Å²) in [6.45, 7) is 2.43. The summed E-state index contributed by atoms with van der Waals surface area (Å²) in [5.74, 6) is -0.599. The van der Waals surface area contributed by atoms with Crippen LogP contribution >= 0.6 is 0 Å². The molecule has 0 aliphatic heterocycles. The van der Waals surface area contributed by atoms with Crippen molar-refractivity contribution < 1.29 is 14.3 Å². The highest BCUT2D eigenvalue weighted by molar-refractivity contribution is 5.91. The van der Waals surface area contributed by atoms with Gasteiger partial charge in [0.15, 0.2) is 12.3 Å². The number of hydrogen-bond acceptors (Lipinski definition) is 4. The van der Waals surface area contributed by atoms with Crippen LogP contribution in [0.1, 0.15) is 67.2 Å². The molecule has 0 atom stereocenters. The highest BCUT2D eigenvalue weighted by Crippen LogP contribution is 2.28. The van der Waals surface area contributed by atoms with Gasteiger partial charge in [0.25, 0.3) is 5.91 Å². The van der Waals surface area contributed by atoms with E-state index in [1.165, 1.54) is 6.42 Å². The Labute approximate surface area is 171 Å². The lowest BCUT2D eigenvalue weighted by molar-refractivity contribution is -0.137. The molecule has 2 aliphatic rings. The van der Waals surface area contributed by atoms with Gasteiger partial charge in [0.05, 0.1) is 5.69 Å². The molecule has 4 rings (SSSR count). The van der Waals surface area contributed by atoms with Crippen molar-refractivity contribution in [2.45, 2.75) is 64.3 Å². The second kappa shape index (κ2) is 8.80. The number of amides is 1. The third-order valence-corrected chi connectivity index (χ3v) is 6.13. The zero-order valence-corrected chi connectivity index (χ0v) is 17.1. The normalized spacial score (nSPS) is 16.4. The number of rotatable bonds is 6. The van der Waals surface area contributed by atoms with Crippen LogP contribution in [0, 0.1) is 0 Å². The molecule has 1 aromatic carbocycles. The van der Waals surface area contributed by atoms with Crippen LogP contribution in [0.3, 0.4) is 0 Å². The standard InChI is InChI=1S/C23H29N3O3/c1-2-25(17-10-5-3-6-11-17)21(27)16-29-23(28)22-19-14-9-15-20(19)26(24-22)18-12-7-4-8-13-18/h4,7-8,12-13,17H,2-3,5-6,9-11,14-16H2,1H3. The van der Waals surface area contributed by atoms with Crippen molar-refractivity contribution in [3.8, 4) is 5.69 Å². The Kier molecular flexibility index (Phi) is 5.97. The summed E-state index contributed by atoms with van der Waals surface area (Å²) in [5, 5.41) is 4.55. The molecule has 1 saturated carbocycles. The second-order valence-corrected chi connectivity index (χ2v) is 7.92. The third-order valence-electron chi connectivity index (χ3n) is 6.13. The SMILES string of the molecule is CCN(C(=O)COC(=O)c1nn(-c2ccccc2)c2c1CCC2)C1CCCCC1. The summed E-state index contributed by atoms with van der Waals surface area (Å²) in [4.78, 5) is 27.3. The lowest BCUT2D eigenvalue weighted by atomic mass is 9.94. The van der Waals surface area contributed by atoms with Crippen LogP contribution in [0.5, 0.6) is 0 Å². The number of nitrogens with zero attached hydrogens (tertiary/aromatic N) is 3. The molecule has 0 bridgehead atoms. The van der Waals surface area contributed by atoms with Gasteiger partial charge in [-0.2, -0.15) is 5.10 Å². The van der Waals surface area contributed by atoms with E-state index in [4.69, 9.17) is 4.74 Å². The Morgan fingerprint density at radius 3 is 2.59 bits per heavy atom. The number of aromatic nitrogens is 2. The van der Waals surface area contributed by atoms with Gasteiger partial charge in [-0.1, -0.05) is 37.5 Å². The van der Waals surface area contributed by atoms with E-state index in [1.807, 2.05) is 46.8 Å². The highest BCUT2D eigenvalue weighted by atomic mass is 16.5. The van der Waals surface area contributed by atoms with E-state index < -0.39 is 5.97 Å². The first kappa shape index (κ1) is 19.7. The number of likely N-dealkylation sites (N-methyl/N-ethyl adjacent to an activating group) is 1. The van der Waals surface area contributed by atoms with Crippen molar-refractivity contribution in [2.75, 3.05) is 13.2 Å². The van der Waals surface area contributed by atoms with Crippen LogP contribution < -0.4 is 0 Å². The molecule has 1 aromatic heterocycles. The molecular weight excluding hydrogens is 366 g/mol. The van der Waals surface area contributed by atoms with E-state index in [0.717, 1.165) is 61.9 Å². The van der Waals surface area contributed by atoms with Gasteiger partial charge in [0.1, 0.15) is 0 Å². The summed E-state index contributed by atoms with van der Waals surface area (Å²) < 4.78 is 7.28. The van der Waals surface area contributed by atoms with Gasteiger partial charge in [-0.05, 0) is 51.2 Å². The quantitative estimate of drug-likeness (QED) is 0.700. The van der Waals surface area contributed by atoms with Gasteiger partial charge in [-0.25, -0.2) is 9.48 Å². The first-order valence-electron chi connectivity index (χ1n) is 10.8. The van der Waals surface area contributed by atoms with Gasteiger partial charge >= 0.3 is 5.97 Å². The Morgan fingerprint density at radius 1 is 1.10 bits per heavy atom. The number of benzene rings is 1. The molecule has 0 radical (unpaired) electrons. The minimum absolute atomic E-state index is 0.105. The molecule has 1 heterocycles. The fourth-order valence-electron chi connectivity index (χ4n) is 4.69. The minimum atomic E-state index is -0.495. The van der Waals surface area contributed by atoms with Gasteiger partial charge in [0, 0.05) is 23.8 Å². The Balaban J connectivity index is 1.46. The van der Waals surface area contributed by atoms with Gasteiger partial charge in [-0.15, -0.1) is 0 Å². The zero-order chi connectivity index (χ0) is 20.2. The van der Waals surface area contributed by atoms with Crippen LogP contribution in [-0.2, 0) is 22.4 Å². The third kappa shape index (κ3) is 4.07. The van der Waals surface area contributed by atoms with Crippen molar-refractivity contribution in [2.24, 2.45) is 0 Å². The van der Waals surface area contributed by atoms with Gasteiger partial charge in [0.2, 0.25) is 0 Å². The zero-order valence-electron chi connectivity index (χ0n) is 17.1. The fraction of sp³-hybridized carbons (Fsp3) is 0.522. The molecular formula is C23H29N3O3. The van der Waals surface area contributed by atoms with Gasteiger partial charge < -0.3 is 9.64 Å². The molecule has 0 saturated heterocycles. The molecule has 0 spiro atoms. The molecule has 0 N–H and O–H groups in total. The fourth-order valence-corrected chi connectivity index (χ4v) is 4.69. The summed E-state index contributed by atoms with van der Waals surface area (Å²) >= 11 is 0. The van der Waals surface area contributed by atoms with Crippen molar-refractivity contribution >= 4 is 11.9 Å². The van der Waals surface area contributed by atoms with E-state index in [1.54, 1.807) is 0 Å². The topological polar surface area (TPSA) is 64.4 Å². The van der Waals surface area contributed by atoms with Crippen LogP contribution in [0.4, 0.5) is 0 Å². The minimum Gasteiger partial charge on any atom is -0.451 e. The van der Waals surface area contributed by atoms with E-state index in [9.17, 15) is 9.59 Å². The lowest BCUT2D eigenvalue weighted by Gasteiger charge is -2.33. The molecule has 0 unspecified atom stereocenters. The lowest BCUT2D eigenvalue weighted by Crippen LogP contribution is -2.43. The predicted octanol–water partition coefficient (Wildman–Crippen LogP) is 3.70. The first-order chi connectivity index (χ1) is 14.2. The number of carbonyl (C=O) groups is 2. The summed E-state index contributed by atoms with van der Waals surface area (Å²) in [6, 6.07) is 10.1. The van der Waals surface area contributed by atoms with Crippen molar-refractivity contribution in [1.29, 1.82) is 0 Å². The number of para-hydroxylation sites is 1. The number of esters is 1. The Bertz CT molecular complexity index is 869. The average molecular weight is 396 g/mol. The Hall–Kier alpha value is -2.63. The van der Waals surface area contributed by atoms with E-state index >= 15 is 0 Å². The van der Waals surface area contributed by atoms with Crippen LogP contribution in [0.2, 0.25) is 0 Å². The van der Waals surface area contributed by atoms with E-state index in [0.29, 0.717) is 12.2 Å². The maximum Gasteiger partial charge on any atom is 0.359 e. The average Bonchev–Trinajstić information content (AvgIpc) is 3.37. The van der Waals surface area contributed by atoms with E-state index in [-0.39, 0.29) is 18.6 Å². The number of carbonyl (C=O) groups excluding carboxylic acids is 2. The van der Waals surface area contributed by atoms with E-state index in [2.05, 4.69) is 5.10 Å². The van der Waals surface area contributed by atoms with Crippen LogP contribution in [0.15, 0.2) is 30.3 Å². The maximum absolute atomic E-state index is 12.8.